The summed E-state index contributed by atoms with van der Waals surface area (Å²) in [6, 6.07) is 17.7. The van der Waals surface area contributed by atoms with Gasteiger partial charge in [0.2, 0.25) is 0 Å². The standard InChI is InChI=1S/C20H27NO4/c1-24-20-10-6-5-9-18(20)15-25-16-19(23)14-21(11-12-22)13-17-7-3-2-4-8-17/h2-10,19,22-23H,11-16H2,1H3/t19-/m1/s1. The normalized spacial score (nSPS) is 12.3. The molecule has 5 nitrogen and oxygen atoms in total. The Balaban J connectivity index is 1.79. The Labute approximate surface area is 149 Å². The molecule has 2 aromatic carbocycles. The zero-order valence-electron chi connectivity index (χ0n) is 14.7. The van der Waals surface area contributed by atoms with E-state index in [0.717, 1.165) is 16.9 Å². The molecule has 0 saturated heterocycles. The van der Waals surface area contributed by atoms with Crippen LogP contribution in [0.1, 0.15) is 11.1 Å². The molecule has 0 saturated carbocycles. The van der Waals surface area contributed by atoms with Gasteiger partial charge in [-0.3, -0.25) is 4.90 Å². The molecular weight excluding hydrogens is 318 g/mol. The van der Waals surface area contributed by atoms with E-state index in [0.29, 0.717) is 26.2 Å². The molecule has 0 unspecified atom stereocenters. The maximum absolute atomic E-state index is 10.2. The smallest absolute Gasteiger partial charge is 0.124 e. The molecule has 0 aliphatic heterocycles. The molecule has 25 heavy (non-hydrogen) atoms. The first-order chi connectivity index (χ1) is 12.2. The first-order valence-electron chi connectivity index (χ1n) is 8.47. The van der Waals surface area contributed by atoms with Crippen LogP contribution in [0.25, 0.3) is 0 Å². The highest BCUT2D eigenvalue weighted by Gasteiger charge is 2.13. The summed E-state index contributed by atoms with van der Waals surface area (Å²) in [5.74, 6) is 0.781. The van der Waals surface area contributed by atoms with Crippen molar-refractivity contribution in [2.24, 2.45) is 0 Å². The molecule has 2 rings (SSSR count). The van der Waals surface area contributed by atoms with Crippen LogP contribution in [0.4, 0.5) is 0 Å². The van der Waals surface area contributed by atoms with Gasteiger partial charge in [0.1, 0.15) is 5.75 Å². The topological polar surface area (TPSA) is 62.2 Å². The van der Waals surface area contributed by atoms with E-state index in [2.05, 4.69) is 0 Å². The molecule has 1 atom stereocenters. The molecular formula is C20H27NO4. The maximum atomic E-state index is 10.2. The first-order valence-corrected chi connectivity index (χ1v) is 8.47. The Bertz CT molecular complexity index is 606. The molecule has 0 bridgehead atoms. The maximum Gasteiger partial charge on any atom is 0.124 e. The number of hydrogen-bond donors (Lipinski definition) is 2. The lowest BCUT2D eigenvalue weighted by atomic mass is 10.2. The number of hydrogen-bond acceptors (Lipinski definition) is 5. The van der Waals surface area contributed by atoms with Crippen molar-refractivity contribution >= 4 is 0 Å². The largest absolute Gasteiger partial charge is 0.496 e. The molecule has 0 radical (unpaired) electrons. The molecule has 0 aliphatic rings. The highest BCUT2D eigenvalue weighted by molar-refractivity contribution is 5.32. The minimum Gasteiger partial charge on any atom is -0.496 e. The van der Waals surface area contributed by atoms with Gasteiger partial charge in [-0.25, -0.2) is 0 Å². The summed E-state index contributed by atoms with van der Waals surface area (Å²) in [5.41, 5.74) is 2.10. The van der Waals surface area contributed by atoms with E-state index < -0.39 is 6.10 Å². The van der Waals surface area contributed by atoms with Crippen LogP contribution in [0.3, 0.4) is 0 Å². The summed E-state index contributed by atoms with van der Waals surface area (Å²) >= 11 is 0. The van der Waals surface area contributed by atoms with Crippen molar-refractivity contribution in [3.63, 3.8) is 0 Å². The van der Waals surface area contributed by atoms with Crippen molar-refractivity contribution in [1.29, 1.82) is 0 Å². The van der Waals surface area contributed by atoms with Crippen molar-refractivity contribution in [2.45, 2.75) is 19.3 Å². The average Bonchev–Trinajstić information content (AvgIpc) is 2.63. The highest BCUT2D eigenvalue weighted by atomic mass is 16.5. The fraction of sp³-hybridized carbons (Fsp3) is 0.400. The molecule has 0 fully saturated rings. The average molecular weight is 345 g/mol. The molecule has 5 heteroatoms. The lowest BCUT2D eigenvalue weighted by Crippen LogP contribution is -2.36. The highest BCUT2D eigenvalue weighted by Crippen LogP contribution is 2.18. The molecule has 0 spiro atoms. The van der Waals surface area contributed by atoms with Gasteiger partial charge in [0, 0.05) is 25.2 Å². The number of methoxy groups -OCH3 is 1. The van der Waals surface area contributed by atoms with E-state index in [1.807, 2.05) is 59.5 Å². The van der Waals surface area contributed by atoms with Crippen molar-refractivity contribution in [2.75, 3.05) is 33.4 Å². The number of benzene rings is 2. The van der Waals surface area contributed by atoms with Crippen molar-refractivity contribution < 1.29 is 19.7 Å². The van der Waals surface area contributed by atoms with Crippen molar-refractivity contribution in [3.8, 4) is 5.75 Å². The van der Waals surface area contributed by atoms with Gasteiger partial charge < -0.3 is 19.7 Å². The number of para-hydroxylation sites is 1. The van der Waals surface area contributed by atoms with Gasteiger partial charge in [0.25, 0.3) is 0 Å². The van der Waals surface area contributed by atoms with Gasteiger partial charge in [0.05, 0.1) is 33.0 Å². The third-order valence-corrected chi connectivity index (χ3v) is 3.89. The summed E-state index contributed by atoms with van der Waals surface area (Å²) in [6.07, 6.45) is -0.620. The number of aliphatic hydroxyl groups excluding tert-OH is 2. The quantitative estimate of drug-likeness (QED) is 0.653. The van der Waals surface area contributed by atoms with E-state index in [9.17, 15) is 10.2 Å². The van der Waals surface area contributed by atoms with Crippen LogP contribution >= 0.6 is 0 Å². The molecule has 0 heterocycles. The van der Waals surface area contributed by atoms with Gasteiger partial charge >= 0.3 is 0 Å². The SMILES string of the molecule is COc1ccccc1COC[C@H](O)CN(CCO)Cc1ccccc1. The first kappa shape index (κ1) is 19.4. The van der Waals surface area contributed by atoms with Crippen LogP contribution in [0.5, 0.6) is 5.75 Å². The minimum absolute atomic E-state index is 0.0572. The lowest BCUT2D eigenvalue weighted by molar-refractivity contribution is 0.00573. The van der Waals surface area contributed by atoms with Gasteiger partial charge in [0.15, 0.2) is 0 Å². The van der Waals surface area contributed by atoms with E-state index in [1.54, 1.807) is 7.11 Å². The Hall–Kier alpha value is -1.92. The lowest BCUT2D eigenvalue weighted by Gasteiger charge is -2.24. The van der Waals surface area contributed by atoms with Crippen LogP contribution in [0.2, 0.25) is 0 Å². The summed E-state index contributed by atoms with van der Waals surface area (Å²) in [5, 5.41) is 19.5. The molecule has 136 valence electrons. The third kappa shape index (κ3) is 6.84. The number of nitrogens with zero attached hydrogens (tertiary/aromatic N) is 1. The number of aliphatic hydroxyl groups is 2. The Morgan fingerprint density at radius 1 is 1.04 bits per heavy atom. The second-order valence-corrected chi connectivity index (χ2v) is 5.93. The second-order valence-electron chi connectivity index (χ2n) is 5.93. The zero-order chi connectivity index (χ0) is 17.9. The molecule has 0 aliphatic carbocycles. The Morgan fingerprint density at radius 2 is 1.76 bits per heavy atom. The Morgan fingerprint density at radius 3 is 2.48 bits per heavy atom. The predicted molar refractivity (Wildman–Crippen MR) is 97.5 cm³/mol. The Kier molecular flexibility index (Phi) is 8.42. The third-order valence-electron chi connectivity index (χ3n) is 3.89. The summed E-state index contributed by atoms with van der Waals surface area (Å²) in [4.78, 5) is 2.02. The minimum atomic E-state index is -0.620. The fourth-order valence-electron chi connectivity index (χ4n) is 2.70. The van der Waals surface area contributed by atoms with Gasteiger partial charge in [-0.05, 0) is 11.6 Å². The summed E-state index contributed by atoms with van der Waals surface area (Å²) < 4.78 is 10.9. The van der Waals surface area contributed by atoms with Crippen LogP contribution in [-0.4, -0.2) is 54.6 Å². The van der Waals surface area contributed by atoms with Crippen LogP contribution < -0.4 is 4.74 Å². The van der Waals surface area contributed by atoms with E-state index in [4.69, 9.17) is 9.47 Å². The monoisotopic (exact) mass is 345 g/mol. The molecule has 0 aromatic heterocycles. The van der Waals surface area contributed by atoms with Crippen LogP contribution in [-0.2, 0) is 17.9 Å². The van der Waals surface area contributed by atoms with Crippen LogP contribution in [0.15, 0.2) is 54.6 Å². The van der Waals surface area contributed by atoms with Crippen LogP contribution in [0, 0.1) is 0 Å². The molecule has 2 aromatic rings. The predicted octanol–water partition coefficient (Wildman–Crippen LogP) is 2.07. The van der Waals surface area contributed by atoms with E-state index in [1.165, 1.54) is 0 Å². The second kappa shape index (κ2) is 10.8. The molecule has 2 N–H and O–H groups in total. The number of ether oxygens (including phenoxy) is 2. The summed E-state index contributed by atoms with van der Waals surface area (Å²) in [7, 11) is 1.63. The van der Waals surface area contributed by atoms with Gasteiger partial charge in [-0.2, -0.15) is 0 Å². The van der Waals surface area contributed by atoms with Gasteiger partial charge in [-0.15, -0.1) is 0 Å². The van der Waals surface area contributed by atoms with E-state index in [-0.39, 0.29) is 13.2 Å². The van der Waals surface area contributed by atoms with E-state index >= 15 is 0 Å². The van der Waals surface area contributed by atoms with Crippen molar-refractivity contribution in [3.05, 3.63) is 65.7 Å². The van der Waals surface area contributed by atoms with Crippen molar-refractivity contribution in [1.82, 2.24) is 4.90 Å². The number of rotatable bonds is 11. The zero-order valence-corrected chi connectivity index (χ0v) is 14.7. The fourth-order valence-corrected chi connectivity index (χ4v) is 2.70. The van der Waals surface area contributed by atoms with Gasteiger partial charge in [-0.1, -0.05) is 48.5 Å². The summed E-state index contributed by atoms with van der Waals surface area (Å²) in [6.45, 7) is 2.32. The molecule has 0 amide bonds.